The minimum Gasteiger partial charge on any atom is -0.490 e. The van der Waals surface area contributed by atoms with Crippen LogP contribution in [0.4, 0.5) is 0 Å². The van der Waals surface area contributed by atoms with Crippen LogP contribution in [0.2, 0.25) is 0 Å². The fourth-order valence-electron chi connectivity index (χ4n) is 3.11. The van der Waals surface area contributed by atoms with E-state index >= 15 is 0 Å². The normalized spacial score (nSPS) is 21.7. The van der Waals surface area contributed by atoms with Gasteiger partial charge in [0, 0.05) is 22.4 Å². The van der Waals surface area contributed by atoms with Gasteiger partial charge < -0.3 is 15.2 Å². The second kappa shape index (κ2) is 4.67. The van der Waals surface area contributed by atoms with Crippen molar-refractivity contribution in [1.29, 1.82) is 0 Å². The third-order valence-electron chi connectivity index (χ3n) is 4.39. The van der Waals surface area contributed by atoms with Crippen molar-refractivity contribution in [1.82, 2.24) is 0 Å². The van der Waals surface area contributed by atoms with E-state index in [9.17, 15) is 0 Å². The quantitative estimate of drug-likeness (QED) is 0.907. The van der Waals surface area contributed by atoms with Crippen LogP contribution in [0.3, 0.4) is 0 Å². The van der Waals surface area contributed by atoms with Crippen molar-refractivity contribution in [3.05, 3.63) is 21.7 Å². The first-order valence-corrected chi connectivity index (χ1v) is 7.70. The molecular weight excluding hydrogens is 306 g/mol. The number of fused-ring (bicyclic) bond motifs is 1. The number of halogens is 1. The predicted molar refractivity (Wildman–Crippen MR) is 79.0 cm³/mol. The molecule has 0 spiro atoms. The Labute approximate surface area is 122 Å². The highest BCUT2D eigenvalue weighted by Gasteiger charge is 2.50. The number of ether oxygens (including phenoxy) is 2. The molecule has 1 heterocycles. The van der Waals surface area contributed by atoms with Crippen molar-refractivity contribution < 1.29 is 9.47 Å². The van der Waals surface area contributed by atoms with E-state index in [2.05, 4.69) is 29.8 Å². The molecule has 0 saturated heterocycles. The van der Waals surface area contributed by atoms with Crippen LogP contribution >= 0.6 is 15.9 Å². The van der Waals surface area contributed by atoms with Gasteiger partial charge in [0.1, 0.15) is 0 Å². The Morgan fingerprint density at radius 2 is 2.00 bits per heavy atom. The van der Waals surface area contributed by atoms with Crippen molar-refractivity contribution in [3.8, 4) is 11.5 Å². The lowest BCUT2D eigenvalue weighted by molar-refractivity contribution is 0.296. The number of hydrogen-bond donors (Lipinski definition) is 1. The molecular formula is C15H20BrNO2. The molecule has 0 bridgehead atoms. The third-order valence-corrected chi connectivity index (χ3v) is 5.01. The highest BCUT2D eigenvalue weighted by molar-refractivity contribution is 9.10. The average Bonchev–Trinajstić information content (AvgIpc) is 3.13. The molecule has 1 aliphatic carbocycles. The SMILES string of the molecule is Cc1c2c(cc(Br)c1C1(C(C)N)CC1)OCCCO2. The van der Waals surface area contributed by atoms with Gasteiger partial charge in [-0.3, -0.25) is 0 Å². The van der Waals surface area contributed by atoms with Crippen LogP contribution in [0.15, 0.2) is 10.5 Å². The standard InChI is InChI=1S/C15H20BrNO2/c1-9-13(15(4-5-15)10(2)17)11(16)8-12-14(9)19-7-3-6-18-12/h8,10H,3-7,17H2,1-2H3. The highest BCUT2D eigenvalue weighted by Crippen LogP contribution is 2.56. The fourth-order valence-corrected chi connectivity index (χ4v) is 4.01. The van der Waals surface area contributed by atoms with E-state index < -0.39 is 0 Å². The summed E-state index contributed by atoms with van der Waals surface area (Å²) < 4.78 is 12.8. The van der Waals surface area contributed by atoms with E-state index in [0.29, 0.717) is 0 Å². The summed E-state index contributed by atoms with van der Waals surface area (Å²) in [7, 11) is 0. The lowest BCUT2D eigenvalue weighted by Gasteiger charge is -2.26. The summed E-state index contributed by atoms with van der Waals surface area (Å²) in [4.78, 5) is 0. The van der Waals surface area contributed by atoms with E-state index in [1.54, 1.807) is 0 Å². The Hall–Kier alpha value is -0.740. The van der Waals surface area contributed by atoms with Gasteiger partial charge in [-0.25, -0.2) is 0 Å². The Morgan fingerprint density at radius 1 is 1.32 bits per heavy atom. The molecule has 19 heavy (non-hydrogen) atoms. The number of hydrogen-bond acceptors (Lipinski definition) is 3. The van der Waals surface area contributed by atoms with E-state index in [1.165, 1.54) is 11.1 Å². The van der Waals surface area contributed by atoms with Crippen molar-refractivity contribution in [2.24, 2.45) is 5.73 Å². The summed E-state index contributed by atoms with van der Waals surface area (Å²) in [6, 6.07) is 2.21. The molecule has 0 aromatic heterocycles. The molecule has 1 aromatic carbocycles. The molecule has 2 aliphatic rings. The van der Waals surface area contributed by atoms with Crippen LogP contribution in [0, 0.1) is 6.92 Å². The van der Waals surface area contributed by atoms with Crippen molar-refractivity contribution in [2.45, 2.75) is 44.6 Å². The molecule has 1 atom stereocenters. The average molecular weight is 326 g/mol. The summed E-state index contributed by atoms with van der Waals surface area (Å²) in [5.41, 5.74) is 8.83. The van der Waals surface area contributed by atoms with Crippen LogP contribution in [0.1, 0.15) is 37.3 Å². The Balaban J connectivity index is 2.14. The topological polar surface area (TPSA) is 44.5 Å². The molecule has 4 heteroatoms. The van der Waals surface area contributed by atoms with Crippen LogP contribution in [-0.4, -0.2) is 19.3 Å². The predicted octanol–water partition coefficient (Wildman–Crippen LogP) is 3.30. The minimum absolute atomic E-state index is 0.119. The van der Waals surface area contributed by atoms with E-state index in [1.807, 2.05) is 6.07 Å². The zero-order valence-electron chi connectivity index (χ0n) is 11.5. The molecule has 1 fully saturated rings. The largest absolute Gasteiger partial charge is 0.490 e. The second-order valence-corrected chi connectivity index (χ2v) is 6.54. The van der Waals surface area contributed by atoms with Crippen molar-refractivity contribution in [2.75, 3.05) is 13.2 Å². The van der Waals surface area contributed by atoms with Gasteiger partial charge in [-0.15, -0.1) is 0 Å². The van der Waals surface area contributed by atoms with Crippen LogP contribution < -0.4 is 15.2 Å². The van der Waals surface area contributed by atoms with Crippen LogP contribution in [0.5, 0.6) is 11.5 Å². The summed E-state index contributed by atoms with van der Waals surface area (Å²) >= 11 is 3.70. The Morgan fingerprint density at radius 3 is 2.63 bits per heavy atom. The Bertz CT molecular complexity index is 509. The van der Waals surface area contributed by atoms with E-state index in [-0.39, 0.29) is 11.5 Å². The molecule has 2 N–H and O–H groups in total. The van der Waals surface area contributed by atoms with Gasteiger partial charge in [0.05, 0.1) is 13.2 Å². The number of nitrogens with two attached hydrogens (primary N) is 1. The van der Waals surface area contributed by atoms with Crippen LogP contribution in [-0.2, 0) is 5.41 Å². The summed E-state index contributed by atoms with van der Waals surface area (Å²) in [5, 5.41) is 0. The first kappa shape index (κ1) is 13.3. The van der Waals surface area contributed by atoms with Crippen molar-refractivity contribution in [3.63, 3.8) is 0 Å². The van der Waals surface area contributed by atoms with Gasteiger partial charge in [0.2, 0.25) is 0 Å². The van der Waals surface area contributed by atoms with Gasteiger partial charge in [-0.05, 0) is 43.9 Å². The molecule has 3 nitrogen and oxygen atoms in total. The molecule has 1 saturated carbocycles. The second-order valence-electron chi connectivity index (χ2n) is 5.68. The zero-order valence-corrected chi connectivity index (χ0v) is 13.0. The van der Waals surface area contributed by atoms with E-state index in [4.69, 9.17) is 15.2 Å². The smallest absolute Gasteiger partial charge is 0.164 e. The van der Waals surface area contributed by atoms with Gasteiger partial charge in [0.25, 0.3) is 0 Å². The maximum Gasteiger partial charge on any atom is 0.164 e. The molecule has 104 valence electrons. The highest BCUT2D eigenvalue weighted by atomic mass is 79.9. The lowest BCUT2D eigenvalue weighted by atomic mass is 9.86. The molecule has 0 amide bonds. The maximum absolute atomic E-state index is 6.22. The lowest BCUT2D eigenvalue weighted by Crippen LogP contribution is -2.32. The van der Waals surface area contributed by atoms with E-state index in [0.717, 1.165) is 48.4 Å². The summed E-state index contributed by atoms with van der Waals surface area (Å²) in [6.07, 6.45) is 3.24. The number of rotatable bonds is 2. The zero-order chi connectivity index (χ0) is 13.6. The third kappa shape index (κ3) is 2.05. The molecule has 1 aromatic rings. The van der Waals surface area contributed by atoms with Gasteiger partial charge in [0.15, 0.2) is 11.5 Å². The number of benzene rings is 1. The van der Waals surface area contributed by atoms with Crippen LogP contribution in [0.25, 0.3) is 0 Å². The first-order chi connectivity index (χ1) is 9.06. The van der Waals surface area contributed by atoms with Gasteiger partial charge >= 0.3 is 0 Å². The molecule has 1 aliphatic heterocycles. The fraction of sp³-hybridized carbons (Fsp3) is 0.600. The summed E-state index contributed by atoms with van der Waals surface area (Å²) in [6.45, 7) is 5.66. The van der Waals surface area contributed by atoms with Gasteiger partial charge in [-0.2, -0.15) is 0 Å². The maximum atomic E-state index is 6.22. The summed E-state index contributed by atoms with van der Waals surface area (Å²) in [5.74, 6) is 1.76. The minimum atomic E-state index is 0.119. The van der Waals surface area contributed by atoms with Gasteiger partial charge in [-0.1, -0.05) is 15.9 Å². The monoisotopic (exact) mass is 325 g/mol. The first-order valence-electron chi connectivity index (χ1n) is 6.91. The Kier molecular flexibility index (Phi) is 3.26. The molecule has 3 rings (SSSR count). The molecule has 0 radical (unpaired) electrons. The molecule has 1 unspecified atom stereocenters. The van der Waals surface area contributed by atoms with Crippen molar-refractivity contribution >= 4 is 15.9 Å².